The smallest absolute Gasteiger partial charge is 0.172 e. The van der Waals surface area contributed by atoms with Crippen molar-refractivity contribution in [2.24, 2.45) is 0 Å². The number of thioether (sulfide) groups is 1. The molecular weight excluding hydrogens is 244 g/mol. The van der Waals surface area contributed by atoms with Crippen LogP contribution in [0.1, 0.15) is 24.2 Å². The van der Waals surface area contributed by atoms with Gasteiger partial charge in [0.1, 0.15) is 0 Å². The maximum absolute atomic E-state index is 11.7. The predicted molar refractivity (Wildman–Crippen MR) is 69.4 cm³/mol. The normalized spacial score (nSPS) is 14.5. The van der Waals surface area contributed by atoms with Crippen molar-refractivity contribution in [3.05, 3.63) is 34.9 Å². The summed E-state index contributed by atoms with van der Waals surface area (Å²) in [6.45, 7) is 3.63. The van der Waals surface area contributed by atoms with Crippen molar-refractivity contribution < 1.29 is 9.90 Å². The number of hydrogen-bond donors (Lipinski definition) is 1. The summed E-state index contributed by atoms with van der Waals surface area (Å²) in [6.07, 6.45) is -0.400. The molecule has 0 radical (unpaired) electrons. The van der Waals surface area contributed by atoms with Crippen LogP contribution in [0.5, 0.6) is 0 Å². The molecule has 1 aromatic rings. The van der Waals surface area contributed by atoms with Gasteiger partial charge in [-0.2, -0.15) is 0 Å². The Morgan fingerprint density at radius 1 is 1.38 bits per heavy atom. The van der Waals surface area contributed by atoms with Gasteiger partial charge in [-0.05, 0) is 31.2 Å². The third-order valence-electron chi connectivity index (χ3n) is 2.32. The maximum Gasteiger partial charge on any atom is 0.172 e. The molecular formula is C12H15ClO2S. The highest BCUT2D eigenvalue weighted by molar-refractivity contribution is 8.00. The van der Waals surface area contributed by atoms with E-state index in [0.717, 1.165) is 0 Å². The number of aliphatic hydroxyl groups is 1. The summed E-state index contributed by atoms with van der Waals surface area (Å²) in [4.78, 5) is 11.7. The summed E-state index contributed by atoms with van der Waals surface area (Å²) in [5, 5.41) is 9.98. The molecule has 0 saturated heterocycles. The van der Waals surface area contributed by atoms with Crippen LogP contribution in [0.15, 0.2) is 24.3 Å². The van der Waals surface area contributed by atoms with E-state index >= 15 is 0 Å². The predicted octanol–water partition coefficient (Wildman–Crippen LogP) is 3.03. The van der Waals surface area contributed by atoms with E-state index < -0.39 is 6.10 Å². The average Bonchev–Trinajstić information content (AvgIpc) is 2.26. The van der Waals surface area contributed by atoms with Crippen LogP contribution >= 0.6 is 23.4 Å². The van der Waals surface area contributed by atoms with Crippen molar-refractivity contribution in [3.8, 4) is 0 Å². The molecule has 1 rings (SSSR count). The standard InChI is InChI=1S/C12H15ClO2S/c1-8(14)9(2)16-7-12(15)10-3-5-11(13)6-4-10/h3-6,8-9,14H,7H2,1-2H3. The van der Waals surface area contributed by atoms with Crippen LogP contribution in [0.4, 0.5) is 0 Å². The highest BCUT2D eigenvalue weighted by Crippen LogP contribution is 2.17. The molecule has 0 saturated carbocycles. The number of Topliss-reactive ketones (excluding diaryl/α,β-unsaturated/α-hetero) is 1. The second-order valence-electron chi connectivity index (χ2n) is 3.69. The Hall–Kier alpha value is -0.510. The first-order chi connectivity index (χ1) is 7.50. The summed E-state index contributed by atoms with van der Waals surface area (Å²) in [6, 6.07) is 6.85. The van der Waals surface area contributed by atoms with E-state index in [-0.39, 0.29) is 11.0 Å². The van der Waals surface area contributed by atoms with Crippen molar-refractivity contribution in [2.75, 3.05) is 5.75 Å². The highest BCUT2D eigenvalue weighted by atomic mass is 35.5. The number of carbonyl (C=O) groups is 1. The summed E-state index contributed by atoms with van der Waals surface area (Å²) in [5.41, 5.74) is 0.662. The minimum Gasteiger partial charge on any atom is -0.392 e. The van der Waals surface area contributed by atoms with Crippen LogP contribution in [0.25, 0.3) is 0 Å². The Bertz CT molecular complexity index is 349. The molecule has 0 aliphatic heterocycles. The lowest BCUT2D eigenvalue weighted by Crippen LogP contribution is -2.17. The summed E-state index contributed by atoms with van der Waals surface area (Å²) in [7, 11) is 0. The van der Waals surface area contributed by atoms with Crippen LogP contribution in [-0.4, -0.2) is 28.0 Å². The third-order valence-corrected chi connectivity index (χ3v) is 3.92. The molecule has 0 aliphatic carbocycles. The van der Waals surface area contributed by atoms with E-state index in [0.29, 0.717) is 16.3 Å². The van der Waals surface area contributed by atoms with Crippen molar-refractivity contribution in [2.45, 2.75) is 25.2 Å². The lowest BCUT2D eigenvalue weighted by molar-refractivity contribution is 0.102. The molecule has 0 spiro atoms. The molecule has 0 amide bonds. The molecule has 0 heterocycles. The number of rotatable bonds is 5. The second kappa shape index (κ2) is 6.28. The topological polar surface area (TPSA) is 37.3 Å². The van der Waals surface area contributed by atoms with Gasteiger partial charge in [-0.3, -0.25) is 4.79 Å². The highest BCUT2D eigenvalue weighted by Gasteiger charge is 2.12. The lowest BCUT2D eigenvalue weighted by Gasteiger charge is -2.13. The number of ketones is 1. The minimum atomic E-state index is -0.400. The van der Waals surface area contributed by atoms with Gasteiger partial charge in [-0.25, -0.2) is 0 Å². The van der Waals surface area contributed by atoms with Gasteiger partial charge in [0.2, 0.25) is 0 Å². The van der Waals surface area contributed by atoms with E-state index in [4.69, 9.17) is 11.6 Å². The van der Waals surface area contributed by atoms with E-state index in [1.165, 1.54) is 11.8 Å². The van der Waals surface area contributed by atoms with Gasteiger partial charge in [0.05, 0.1) is 11.9 Å². The summed E-state index contributed by atoms with van der Waals surface area (Å²) in [5.74, 6) is 0.447. The molecule has 4 heteroatoms. The SMILES string of the molecule is CC(O)C(C)SCC(=O)c1ccc(Cl)cc1. The fraction of sp³-hybridized carbons (Fsp3) is 0.417. The molecule has 1 aromatic carbocycles. The Labute approximate surface area is 105 Å². The Morgan fingerprint density at radius 3 is 2.44 bits per heavy atom. The molecule has 0 fully saturated rings. The number of carbonyl (C=O) groups excluding carboxylic acids is 1. The summed E-state index contributed by atoms with van der Waals surface area (Å²) < 4.78 is 0. The first-order valence-electron chi connectivity index (χ1n) is 5.09. The first kappa shape index (κ1) is 13.6. The van der Waals surface area contributed by atoms with Gasteiger partial charge in [0.15, 0.2) is 5.78 Å². The molecule has 0 aromatic heterocycles. The fourth-order valence-corrected chi connectivity index (χ4v) is 2.05. The van der Waals surface area contributed by atoms with Crippen LogP contribution in [0, 0.1) is 0 Å². The Balaban J connectivity index is 2.50. The lowest BCUT2D eigenvalue weighted by atomic mass is 10.1. The van der Waals surface area contributed by atoms with Crippen LogP contribution in [0.3, 0.4) is 0 Å². The van der Waals surface area contributed by atoms with Gasteiger partial charge in [-0.1, -0.05) is 18.5 Å². The van der Waals surface area contributed by atoms with E-state index in [2.05, 4.69) is 0 Å². The van der Waals surface area contributed by atoms with E-state index in [1.54, 1.807) is 31.2 Å². The second-order valence-corrected chi connectivity index (χ2v) is 5.49. The monoisotopic (exact) mass is 258 g/mol. The first-order valence-corrected chi connectivity index (χ1v) is 6.52. The zero-order chi connectivity index (χ0) is 12.1. The van der Waals surface area contributed by atoms with Gasteiger partial charge >= 0.3 is 0 Å². The molecule has 88 valence electrons. The maximum atomic E-state index is 11.7. The largest absolute Gasteiger partial charge is 0.392 e. The van der Waals surface area contributed by atoms with Crippen LogP contribution < -0.4 is 0 Å². The summed E-state index contributed by atoms with van der Waals surface area (Å²) >= 11 is 7.19. The molecule has 2 nitrogen and oxygen atoms in total. The zero-order valence-electron chi connectivity index (χ0n) is 9.31. The number of hydrogen-bond acceptors (Lipinski definition) is 3. The molecule has 2 unspecified atom stereocenters. The fourth-order valence-electron chi connectivity index (χ4n) is 1.07. The molecule has 0 bridgehead atoms. The van der Waals surface area contributed by atoms with Crippen molar-refractivity contribution in [1.82, 2.24) is 0 Å². The average molecular weight is 259 g/mol. The van der Waals surface area contributed by atoms with Gasteiger partial charge in [-0.15, -0.1) is 11.8 Å². The zero-order valence-corrected chi connectivity index (χ0v) is 10.9. The number of aliphatic hydroxyl groups excluding tert-OH is 1. The van der Waals surface area contributed by atoms with Gasteiger partial charge in [0.25, 0.3) is 0 Å². The van der Waals surface area contributed by atoms with E-state index in [1.807, 2.05) is 6.92 Å². The number of benzene rings is 1. The van der Waals surface area contributed by atoms with Crippen LogP contribution in [0.2, 0.25) is 5.02 Å². The Kier molecular flexibility index (Phi) is 5.32. The van der Waals surface area contributed by atoms with Crippen molar-refractivity contribution >= 4 is 29.1 Å². The molecule has 0 aliphatic rings. The van der Waals surface area contributed by atoms with Crippen LogP contribution in [-0.2, 0) is 0 Å². The van der Waals surface area contributed by atoms with E-state index in [9.17, 15) is 9.90 Å². The quantitative estimate of drug-likeness (QED) is 0.825. The third kappa shape index (κ3) is 4.16. The minimum absolute atomic E-state index is 0.0640. The van der Waals surface area contributed by atoms with Gasteiger partial charge in [0, 0.05) is 15.8 Å². The van der Waals surface area contributed by atoms with Crippen molar-refractivity contribution in [1.29, 1.82) is 0 Å². The molecule has 16 heavy (non-hydrogen) atoms. The molecule has 1 N–H and O–H groups in total. The Morgan fingerprint density at radius 2 is 1.94 bits per heavy atom. The van der Waals surface area contributed by atoms with Crippen molar-refractivity contribution in [3.63, 3.8) is 0 Å². The number of halogens is 1. The van der Waals surface area contributed by atoms with Gasteiger partial charge < -0.3 is 5.11 Å². The molecule has 2 atom stereocenters.